The Kier molecular flexibility index (Phi) is 3.87. The molecule has 0 amide bonds. The molecule has 2 N–H and O–H groups in total. The Bertz CT molecular complexity index is 372. The lowest BCUT2D eigenvalue weighted by Crippen LogP contribution is -2.29. The molecule has 0 saturated carbocycles. The van der Waals surface area contributed by atoms with Gasteiger partial charge in [0.15, 0.2) is 5.75 Å². The van der Waals surface area contributed by atoms with Crippen molar-refractivity contribution in [3.63, 3.8) is 0 Å². The summed E-state index contributed by atoms with van der Waals surface area (Å²) in [5.41, 5.74) is -0.835. The van der Waals surface area contributed by atoms with E-state index in [2.05, 4.69) is 10.1 Å². The first kappa shape index (κ1) is 13.6. The summed E-state index contributed by atoms with van der Waals surface area (Å²) >= 11 is 0. The highest BCUT2D eigenvalue weighted by molar-refractivity contribution is 5.56. The van der Waals surface area contributed by atoms with Gasteiger partial charge in [0, 0.05) is 6.54 Å². The van der Waals surface area contributed by atoms with Crippen molar-refractivity contribution in [1.82, 2.24) is 0 Å². The quantitative estimate of drug-likeness (QED) is 0.862. The zero-order chi connectivity index (χ0) is 13.1. The zero-order valence-corrected chi connectivity index (χ0v) is 9.51. The summed E-state index contributed by atoms with van der Waals surface area (Å²) in [7, 11) is 0. The molecule has 0 aliphatic carbocycles. The number of hydrogen-bond acceptors (Lipinski definition) is 3. The molecule has 0 aliphatic heterocycles. The van der Waals surface area contributed by atoms with Crippen molar-refractivity contribution in [2.75, 3.05) is 11.9 Å². The van der Waals surface area contributed by atoms with Gasteiger partial charge in [-0.3, -0.25) is 0 Å². The lowest BCUT2D eigenvalue weighted by Gasteiger charge is -2.20. The summed E-state index contributed by atoms with van der Waals surface area (Å²) in [6.45, 7) is 3.21. The minimum atomic E-state index is -4.73. The molecule has 96 valence electrons. The maximum absolute atomic E-state index is 12.1. The van der Waals surface area contributed by atoms with Gasteiger partial charge in [0.25, 0.3) is 0 Å². The summed E-state index contributed by atoms with van der Waals surface area (Å²) in [5, 5.41) is 12.2. The van der Waals surface area contributed by atoms with Crippen LogP contribution in [0.4, 0.5) is 18.9 Å². The highest BCUT2D eigenvalue weighted by Crippen LogP contribution is 2.30. The van der Waals surface area contributed by atoms with Crippen LogP contribution in [0.25, 0.3) is 0 Å². The van der Waals surface area contributed by atoms with E-state index in [1.165, 1.54) is 18.2 Å². The van der Waals surface area contributed by atoms with Crippen LogP contribution in [0.2, 0.25) is 0 Å². The van der Waals surface area contributed by atoms with Gasteiger partial charge in [-0.25, -0.2) is 0 Å². The van der Waals surface area contributed by atoms with Crippen LogP contribution in [0, 0.1) is 0 Å². The molecule has 0 unspecified atom stereocenters. The number of aliphatic hydroxyl groups is 1. The van der Waals surface area contributed by atoms with Crippen molar-refractivity contribution in [3.8, 4) is 5.75 Å². The van der Waals surface area contributed by atoms with Gasteiger partial charge in [-0.15, -0.1) is 13.2 Å². The number of hydrogen-bond donors (Lipinski definition) is 2. The zero-order valence-electron chi connectivity index (χ0n) is 9.51. The molecule has 0 heterocycles. The number of anilines is 1. The number of rotatable bonds is 4. The molecular formula is C11H14F3NO2. The fourth-order valence-electron chi connectivity index (χ4n) is 1.14. The number of benzene rings is 1. The van der Waals surface area contributed by atoms with Crippen LogP contribution < -0.4 is 10.1 Å². The number of nitrogens with one attached hydrogen (secondary N) is 1. The van der Waals surface area contributed by atoms with E-state index in [4.69, 9.17) is 0 Å². The van der Waals surface area contributed by atoms with Gasteiger partial charge in [0.1, 0.15) is 0 Å². The van der Waals surface area contributed by atoms with Gasteiger partial charge in [-0.1, -0.05) is 12.1 Å². The van der Waals surface area contributed by atoms with E-state index in [0.29, 0.717) is 0 Å². The SMILES string of the molecule is CC(C)(O)CNc1ccccc1OC(F)(F)F. The van der Waals surface area contributed by atoms with Crippen LogP contribution in [0.3, 0.4) is 0 Å². The number of halogens is 3. The Hall–Kier alpha value is -1.43. The third-order valence-corrected chi connectivity index (χ3v) is 1.82. The Balaban J connectivity index is 2.78. The minimum Gasteiger partial charge on any atom is -0.404 e. The standard InChI is InChI=1S/C11H14F3NO2/c1-10(2,16)7-15-8-5-3-4-6-9(8)17-11(12,13)14/h3-6,15-16H,7H2,1-2H3. The molecule has 6 heteroatoms. The molecule has 0 atom stereocenters. The fourth-order valence-corrected chi connectivity index (χ4v) is 1.14. The normalized spacial score (nSPS) is 12.4. The average Bonchev–Trinajstić information content (AvgIpc) is 2.12. The molecule has 0 saturated heterocycles. The average molecular weight is 249 g/mol. The van der Waals surface area contributed by atoms with Crippen LogP contribution in [-0.2, 0) is 0 Å². The Labute approximate surface area is 97.2 Å². The number of ether oxygens (including phenoxy) is 1. The van der Waals surface area contributed by atoms with Crippen LogP contribution in [0.15, 0.2) is 24.3 Å². The van der Waals surface area contributed by atoms with E-state index in [1.54, 1.807) is 19.9 Å². The van der Waals surface area contributed by atoms with E-state index in [0.717, 1.165) is 0 Å². The monoisotopic (exact) mass is 249 g/mol. The molecule has 0 spiro atoms. The number of para-hydroxylation sites is 2. The second-order valence-electron chi connectivity index (χ2n) is 4.21. The molecule has 0 aromatic heterocycles. The Morgan fingerprint density at radius 1 is 1.24 bits per heavy atom. The van der Waals surface area contributed by atoms with Crippen molar-refractivity contribution in [3.05, 3.63) is 24.3 Å². The maximum atomic E-state index is 12.1. The van der Waals surface area contributed by atoms with Crippen LogP contribution in [0.1, 0.15) is 13.8 Å². The third-order valence-electron chi connectivity index (χ3n) is 1.82. The molecule has 1 aromatic rings. The van der Waals surface area contributed by atoms with Gasteiger partial charge in [-0.2, -0.15) is 0 Å². The Morgan fingerprint density at radius 2 is 1.82 bits per heavy atom. The summed E-state index contributed by atoms with van der Waals surface area (Å²) in [6, 6.07) is 5.68. The van der Waals surface area contributed by atoms with Crippen molar-refractivity contribution in [2.24, 2.45) is 0 Å². The first-order valence-electron chi connectivity index (χ1n) is 4.98. The van der Waals surface area contributed by atoms with E-state index >= 15 is 0 Å². The van der Waals surface area contributed by atoms with Crippen molar-refractivity contribution in [2.45, 2.75) is 25.8 Å². The van der Waals surface area contributed by atoms with Gasteiger partial charge in [0.2, 0.25) is 0 Å². The fraction of sp³-hybridized carbons (Fsp3) is 0.455. The summed E-state index contributed by atoms with van der Waals surface area (Å²) < 4.78 is 40.1. The molecule has 0 radical (unpaired) electrons. The first-order chi connectivity index (χ1) is 7.67. The summed E-state index contributed by atoms with van der Waals surface area (Å²) in [6.07, 6.45) is -4.73. The highest BCUT2D eigenvalue weighted by atomic mass is 19.4. The van der Waals surface area contributed by atoms with Crippen LogP contribution in [0.5, 0.6) is 5.75 Å². The van der Waals surface area contributed by atoms with Crippen molar-refractivity contribution in [1.29, 1.82) is 0 Å². The molecule has 0 bridgehead atoms. The minimum absolute atomic E-state index is 0.116. The smallest absolute Gasteiger partial charge is 0.404 e. The molecule has 3 nitrogen and oxygen atoms in total. The van der Waals surface area contributed by atoms with Crippen LogP contribution in [-0.4, -0.2) is 23.6 Å². The molecule has 1 rings (SSSR count). The third kappa shape index (κ3) is 5.44. The Morgan fingerprint density at radius 3 is 2.35 bits per heavy atom. The first-order valence-corrected chi connectivity index (χ1v) is 4.98. The second-order valence-corrected chi connectivity index (χ2v) is 4.21. The number of alkyl halides is 3. The van der Waals surface area contributed by atoms with Gasteiger partial charge in [-0.05, 0) is 26.0 Å². The van der Waals surface area contributed by atoms with E-state index in [9.17, 15) is 18.3 Å². The van der Waals surface area contributed by atoms with Crippen molar-refractivity contribution < 1.29 is 23.0 Å². The summed E-state index contributed by atoms with van der Waals surface area (Å²) in [4.78, 5) is 0. The van der Waals surface area contributed by atoms with E-state index in [1.807, 2.05) is 0 Å². The lowest BCUT2D eigenvalue weighted by atomic mass is 10.1. The molecule has 17 heavy (non-hydrogen) atoms. The van der Waals surface area contributed by atoms with Gasteiger partial charge in [0.05, 0.1) is 11.3 Å². The molecule has 0 fully saturated rings. The van der Waals surface area contributed by atoms with E-state index in [-0.39, 0.29) is 18.0 Å². The molecule has 0 aliphatic rings. The van der Waals surface area contributed by atoms with Gasteiger partial charge >= 0.3 is 6.36 Å². The lowest BCUT2D eigenvalue weighted by molar-refractivity contribution is -0.274. The highest BCUT2D eigenvalue weighted by Gasteiger charge is 2.32. The van der Waals surface area contributed by atoms with E-state index < -0.39 is 12.0 Å². The molecular weight excluding hydrogens is 235 g/mol. The van der Waals surface area contributed by atoms with Crippen LogP contribution >= 0.6 is 0 Å². The topological polar surface area (TPSA) is 41.5 Å². The second kappa shape index (κ2) is 4.83. The predicted octanol–water partition coefficient (Wildman–Crippen LogP) is 2.77. The maximum Gasteiger partial charge on any atom is 0.573 e. The largest absolute Gasteiger partial charge is 0.573 e. The predicted molar refractivity (Wildman–Crippen MR) is 57.9 cm³/mol. The molecule has 1 aromatic carbocycles. The summed E-state index contributed by atoms with van der Waals surface area (Å²) in [5.74, 6) is -0.316. The van der Waals surface area contributed by atoms with Crippen molar-refractivity contribution >= 4 is 5.69 Å². The van der Waals surface area contributed by atoms with Gasteiger partial charge < -0.3 is 15.2 Å².